The van der Waals surface area contributed by atoms with E-state index in [2.05, 4.69) is 9.44 Å². The van der Waals surface area contributed by atoms with Gasteiger partial charge in [0, 0.05) is 19.1 Å². The lowest BCUT2D eigenvalue weighted by atomic mass is 10.1. The molecule has 1 unspecified atom stereocenters. The SMILES string of the molecule is CCNS(=O)(=O)NCC(N)c1ccccc1. The Morgan fingerprint density at radius 1 is 1.25 bits per heavy atom. The van der Waals surface area contributed by atoms with Crippen LogP contribution in [0.15, 0.2) is 30.3 Å². The molecule has 0 saturated heterocycles. The van der Waals surface area contributed by atoms with Crippen molar-refractivity contribution in [3.05, 3.63) is 35.9 Å². The summed E-state index contributed by atoms with van der Waals surface area (Å²) in [5, 5.41) is 0. The van der Waals surface area contributed by atoms with E-state index in [-0.39, 0.29) is 12.6 Å². The van der Waals surface area contributed by atoms with Gasteiger partial charge in [-0.2, -0.15) is 8.42 Å². The van der Waals surface area contributed by atoms with Crippen LogP contribution in [-0.4, -0.2) is 21.5 Å². The van der Waals surface area contributed by atoms with Crippen LogP contribution < -0.4 is 15.2 Å². The van der Waals surface area contributed by atoms with Gasteiger partial charge in [-0.15, -0.1) is 0 Å². The van der Waals surface area contributed by atoms with Crippen molar-refractivity contribution in [1.82, 2.24) is 9.44 Å². The van der Waals surface area contributed by atoms with Gasteiger partial charge in [-0.25, -0.2) is 9.44 Å². The number of nitrogens with one attached hydrogen (secondary N) is 2. The molecule has 0 bridgehead atoms. The van der Waals surface area contributed by atoms with E-state index in [0.29, 0.717) is 6.54 Å². The van der Waals surface area contributed by atoms with Crippen LogP contribution in [0, 0.1) is 0 Å². The minimum Gasteiger partial charge on any atom is -0.323 e. The Balaban J connectivity index is 2.51. The van der Waals surface area contributed by atoms with Crippen LogP contribution in [0.2, 0.25) is 0 Å². The molecule has 0 heterocycles. The predicted molar refractivity (Wildman–Crippen MR) is 64.0 cm³/mol. The summed E-state index contributed by atoms with van der Waals surface area (Å²) in [5.74, 6) is 0. The van der Waals surface area contributed by atoms with Crippen LogP contribution in [0.4, 0.5) is 0 Å². The zero-order valence-electron chi connectivity index (χ0n) is 9.18. The highest BCUT2D eigenvalue weighted by Crippen LogP contribution is 2.07. The molecule has 1 aromatic rings. The van der Waals surface area contributed by atoms with Crippen LogP contribution in [0.25, 0.3) is 0 Å². The van der Waals surface area contributed by atoms with E-state index < -0.39 is 10.2 Å². The molecule has 90 valence electrons. The van der Waals surface area contributed by atoms with Gasteiger partial charge >= 0.3 is 0 Å². The fourth-order valence-corrected chi connectivity index (χ4v) is 2.14. The lowest BCUT2D eigenvalue weighted by Crippen LogP contribution is -2.40. The average molecular weight is 243 g/mol. The van der Waals surface area contributed by atoms with E-state index in [9.17, 15) is 8.42 Å². The van der Waals surface area contributed by atoms with Gasteiger partial charge in [0.05, 0.1) is 0 Å². The molecule has 4 N–H and O–H groups in total. The third-order valence-corrected chi connectivity index (χ3v) is 3.27. The number of nitrogens with two attached hydrogens (primary N) is 1. The molecule has 0 amide bonds. The molecule has 6 heteroatoms. The first-order chi connectivity index (χ1) is 7.55. The average Bonchev–Trinajstić information content (AvgIpc) is 2.27. The Hall–Kier alpha value is -0.950. The molecule has 1 rings (SSSR count). The first-order valence-corrected chi connectivity index (χ1v) is 6.58. The second-order valence-electron chi connectivity index (χ2n) is 3.37. The summed E-state index contributed by atoms with van der Waals surface area (Å²) in [7, 11) is -3.41. The van der Waals surface area contributed by atoms with Crippen molar-refractivity contribution in [2.75, 3.05) is 13.1 Å². The van der Waals surface area contributed by atoms with Gasteiger partial charge in [0.15, 0.2) is 0 Å². The zero-order chi connectivity index (χ0) is 12.0. The van der Waals surface area contributed by atoms with Crippen LogP contribution in [0.1, 0.15) is 18.5 Å². The normalized spacial score (nSPS) is 13.6. The van der Waals surface area contributed by atoms with Gasteiger partial charge in [0.1, 0.15) is 0 Å². The number of hydrogen-bond donors (Lipinski definition) is 3. The predicted octanol–water partition coefficient (Wildman–Crippen LogP) is 0.130. The maximum atomic E-state index is 11.3. The highest BCUT2D eigenvalue weighted by atomic mass is 32.2. The number of benzene rings is 1. The van der Waals surface area contributed by atoms with Crippen molar-refractivity contribution in [1.29, 1.82) is 0 Å². The summed E-state index contributed by atoms with van der Waals surface area (Å²) in [4.78, 5) is 0. The summed E-state index contributed by atoms with van der Waals surface area (Å²) in [6, 6.07) is 9.02. The molecule has 1 aromatic carbocycles. The number of rotatable bonds is 6. The lowest BCUT2D eigenvalue weighted by molar-refractivity contribution is 0.560. The van der Waals surface area contributed by atoms with Crippen molar-refractivity contribution in [3.8, 4) is 0 Å². The molecule has 1 atom stereocenters. The molecular formula is C10H17N3O2S. The molecule has 0 aromatic heterocycles. The Morgan fingerprint density at radius 3 is 2.44 bits per heavy atom. The lowest BCUT2D eigenvalue weighted by Gasteiger charge is -2.13. The molecule has 0 spiro atoms. The molecule has 0 aliphatic heterocycles. The van der Waals surface area contributed by atoms with Crippen molar-refractivity contribution in [2.24, 2.45) is 5.73 Å². The first-order valence-electron chi connectivity index (χ1n) is 5.10. The second kappa shape index (κ2) is 5.95. The number of hydrogen-bond acceptors (Lipinski definition) is 3. The highest BCUT2D eigenvalue weighted by Gasteiger charge is 2.11. The van der Waals surface area contributed by atoms with Gasteiger partial charge in [0.2, 0.25) is 0 Å². The molecule has 0 aliphatic rings. The monoisotopic (exact) mass is 243 g/mol. The van der Waals surface area contributed by atoms with Crippen molar-refractivity contribution >= 4 is 10.2 Å². The smallest absolute Gasteiger partial charge is 0.276 e. The van der Waals surface area contributed by atoms with Crippen molar-refractivity contribution in [3.63, 3.8) is 0 Å². The molecule has 0 radical (unpaired) electrons. The summed E-state index contributed by atoms with van der Waals surface area (Å²) >= 11 is 0. The summed E-state index contributed by atoms with van der Waals surface area (Å²) < 4.78 is 27.3. The Bertz CT molecular complexity index is 405. The molecule has 0 fully saturated rings. The Kier molecular flexibility index (Phi) is 4.88. The topological polar surface area (TPSA) is 84.2 Å². The van der Waals surface area contributed by atoms with E-state index in [1.165, 1.54) is 0 Å². The largest absolute Gasteiger partial charge is 0.323 e. The van der Waals surface area contributed by atoms with Crippen molar-refractivity contribution < 1.29 is 8.42 Å². The zero-order valence-corrected chi connectivity index (χ0v) is 10.00. The fourth-order valence-electron chi connectivity index (χ4n) is 1.26. The van der Waals surface area contributed by atoms with Crippen LogP contribution in [0.5, 0.6) is 0 Å². The molecular weight excluding hydrogens is 226 g/mol. The van der Waals surface area contributed by atoms with E-state index in [4.69, 9.17) is 5.73 Å². The molecule has 5 nitrogen and oxygen atoms in total. The van der Waals surface area contributed by atoms with E-state index in [1.54, 1.807) is 6.92 Å². The minimum absolute atomic E-state index is 0.180. The minimum atomic E-state index is -3.41. The fraction of sp³-hybridized carbons (Fsp3) is 0.400. The first kappa shape index (κ1) is 13.1. The molecule has 0 aliphatic carbocycles. The molecule has 16 heavy (non-hydrogen) atoms. The van der Waals surface area contributed by atoms with Crippen LogP contribution in [0.3, 0.4) is 0 Å². The molecule has 0 saturated carbocycles. The summed E-state index contributed by atoms with van der Waals surface area (Å²) in [6.07, 6.45) is 0. The van der Waals surface area contributed by atoms with Crippen LogP contribution >= 0.6 is 0 Å². The van der Waals surface area contributed by atoms with Gasteiger partial charge in [-0.3, -0.25) is 0 Å². The third kappa shape index (κ3) is 4.28. The standard InChI is InChI=1S/C10H17N3O2S/c1-2-12-16(14,15)13-8-10(11)9-6-4-3-5-7-9/h3-7,10,12-13H,2,8,11H2,1H3. The van der Waals surface area contributed by atoms with Gasteiger partial charge < -0.3 is 5.73 Å². The van der Waals surface area contributed by atoms with Gasteiger partial charge in [-0.05, 0) is 5.56 Å². The quantitative estimate of drug-likeness (QED) is 0.664. The Morgan fingerprint density at radius 2 is 1.88 bits per heavy atom. The second-order valence-corrected chi connectivity index (χ2v) is 4.95. The third-order valence-electron chi connectivity index (χ3n) is 2.06. The van der Waals surface area contributed by atoms with E-state index in [0.717, 1.165) is 5.56 Å². The summed E-state index contributed by atoms with van der Waals surface area (Å²) in [6.45, 7) is 2.26. The van der Waals surface area contributed by atoms with Gasteiger partial charge in [0.25, 0.3) is 10.2 Å². The van der Waals surface area contributed by atoms with Gasteiger partial charge in [-0.1, -0.05) is 37.3 Å². The Labute approximate surface area is 96.2 Å². The van der Waals surface area contributed by atoms with E-state index in [1.807, 2.05) is 30.3 Å². The van der Waals surface area contributed by atoms with Crippen LogP contribution in [-0.2, 0) is 10.2 Å². The highest BCUT2D eigenvalue weighted by molar-refractivity contribution is 7.87. The van der Waals surface area contributed by atoms with Crippen molar-refractivity contribution in [2.45, 2.75) is 13.0 Å². The maximum Gasteiger partial charge on any atom is 0.276 e. The summed E-state index contributed by atoms with van der Waals surface area (Å²) in [5.41, 5.74) is 6.75. The maximum absolute atomic E-state index is 11.3. The van der Waals surface area contributed by atoms with E-state index >= 15 is 0 Å².